The lowest BCUT2D eigenvalue weighted by atomic mass is 10.0. The van der Waals surface area contributed by atoms with Gasteiger partial charge in [0.15, 0.2) is 0 Å². The Labute approximate surface area is 94.3 Å². The van der Waals surface area contributed by atoms with E-state index in [0.717, 1.165) is 13.0 Å². The average Bonchev–Trinajstić information content (AvgIpc) is 2.18. The van der Waals surface area contributed by atoms with Gasteiger partial charge in [0, 0.05) is 11.6 Å². The maximum absolute atomic E-state index is 13.1. The number of halogens is 1. The normalized spacial score (nSPS) is 21.0. The topological polar surface area (TPSA) is 34.1 Å². The molecule has 2 rings (SSSR count). The van der Waals surface area contributed by atoms with Gasteiger partial charge in [-0.25, -0.2) is 4.98 Å². The monoisotopic (exact) mass is 222 g/mol. The second-order valence-corrected chi connectivity index (χ2v) is 3.93. The zero-order valence-electron chi connectivity index (χ0n) is 9.24. The van der Waals surface area contributed by atoms with Crippen molar-refractivity contribution in [2.75, 3.05) is 6.54 Å². The van der Waals surface area contributed by atoms with E-state index in [1.807, 2.05) is 6.92 Å². The lowest BCUT2D eigenvalue weighted by Crippen LogP contribution is -2.51. The van der Waals surface area contributed by atoms with E-state index in [4.69, 9.17) is 4.74 Å². The van der Waals surface area contributed by atoms with Crippen molar-refractivity contribution in [2.45, 2.75) is 25.5 Å². The fourth-order valence-corrected chi connectivity index (χ4v) is 1.66. The molecule has 1 unspecified atom stereocenters. The Morgan fingerprint density at radius 1 is 1.75 bits per heavy atom. The molecule has 1 aliphatic heterocycles. The summed E-state index contributed by atoms with van der Waals surface area (Å²) in [7, 11) is 0. The molecule has 16 heavy (non-hydrogen) atoms. The molecule has 3 nitrogen and oxygen atoms in total. The van der Waals surface area contributed by atoms with Crippen molar-refractivity contribution < 1.29 is 9.13 Å². The minimum absolute atomic E-state index is 0.0682. The van der Waals surface area contributed by atoms with Crippen LogP contribution in [0.4, 0.5) is 4.39 Å². The molecule has 0 aromatic carbocycles. The maximum Gasteiger partial charge on any atom is 0.220 e. The molecule has 86 valence electrons. The molecule has 4 heteroatoms. The summed E-state index contributed by atoms with van der Waals surface area (Å²) < 4.78 is 18.8. The molecular weight excluding hydrogens is 207 g/mol. The Kier molecular flexibility index (Phi) is 3.19. The third-order valence-corrected chi connectivity index (χ3v) is 2.81. The van der Waals surface area contributed by atoms with Crippen LogP contribution in [-0.2, 0) is 0 Å². The van der Waals surface area contributed by atoms with Gasteiger partial charge in [0.1, 0.15) is 11.9 Å². The first kappa shape index (κ1) is 11.1. The van der Waals surface area contributed by atoms with E-state index in [-0.39, 0.29) is 6.10 Å². The first-order valence-electron chi connectivity index (χ1n) is 5.38. The SMILES string of the molecule is C=Cc1cc(OC(C)[C@@H]2CCN2)cnc1F. The molecule has 2 heterocycles. The van der Waals surface area contributed by atoms with Crippen molar-refractivity contribution in [3.63, 3.8) is 0 Å². The van der Waals surface area contributed by atoms with Gasteiger partial charge in [-0.3, -0.25) is 0 Å². The molecule has 0 aliphatic carbocycles. The Balaban J connectivity index is 2.05. The van der Waals surface area contributed by atoms with Gasteiger partial charge in [-0.1, -0.05) is 12.7 Å². The summed E-state index contributed by atoms with van der Waals surface area (Å²) in [6.45, 7) is 6.56. The van der Waals surface area contributed by atoms with Crippen LogP contribution in [0.25, 0.3) is 6.08 Å². The fourth-order valence-electron chi connectivity index (χ4n) is 1.66. The number of rotatable bonds is 4. The molecule has 1 aliphatic rings. The summed E-state index contributed by atoms with van der Waals surface area (Å²) in [4.78, 5) is 3.62. The van der Waals surface area contributed by atoms with E-state index in [2.05, 4.69) is 16.9 Å². The lowest BCUT2D eigenvalue weighted by Gasteiger charge is -2.33. The standard InChI is InChI=1S/C12H15FN2O/c1-3-9-6-10(7-15-12(9)13)16-8(2)11-4-5-14-11/h3,6-8,11,14H,1,4-5H2,2H3/t8?,11-/m0/s1. The zero-order valence-corrected chi connectivity index (χ0v) is 9.24. The van der Waals surface area contributed by atoms with E-state index in [1.54, 1.807) is 6.07 Å². The molecule has 1 saturated heterocycles. The first-order valence-corrected chi connectivity index (χ1v) is 5.38. The van der Waals surface area contributed by atoms with Crippen molar-refractivity contribution >= 4 is 6.08 Å². The van der Waals surface area contributed by atoms with Gasteiger partial charge in [0.05, 0.1) is 6.20 Å². The summed E-state index contributed by atoms with van der Waals surface area (Å²) in [5, 5.41) is 3.27. The number of hydrogen-bond acceptors (Lipinski definition) is 3. The van der Waals surface area contributed by atoms with Crippen LogP contribution >= 0.6 is 0 Å². The van der Waals surface area contributed by atoms with Crippen LogP contribution in [-0.4, -0.2) is 23.7 Å². The summed E-state index contributed by atoms with van der Waals surface area (Å²) >= 11 is 0. The largest absolute Gasteiger partial charge is 0.487 e. The third-order valence-electron chi connectivity index (χ3n) is 2.81. The molecular formula is C12H15FN2O. The number of hydrogen-bond donors (Lipinski definition) is 1. The van der Waals surface area contributed by atoms with E-state index in [9.17, 15) is 4.39 Å². The Hall–Kier alpha value is -1.42. The summed E-state index contributed by atoms with van der Waals surface area (Å²) in [5.74, 6) is 0.0641. The number of ether oxygens (including phenoxy) is 1. The predicted molar refractivity (Wildman–Crippen MR) is 60.8 cm³/mol. The number of nitrogens with one attached hydrogen (secondary N) is 1. The Bertz CT molecular complexity index is 391. The van der Waals surface area contributed by atoms with Crippen LogP contribution < -0.4 is 10.1 Å². The maximum atomic E-state index is 13.1. The van der Waals surface area contributed by atoms with Crippen molar-refractivity contribution in [3.8, 4) is 5.75 Å². The van der Waals surface area contributed by atoms with E-state index in [1.165, 1.54) is 12.3 Å². The van der Waals surface area contributed by atoms with Crippen molar-refractivity contribution in [1.82, 2.24) is 10.3 Å². The van der Waals surface area contributed by atoms with Crippen LogP contribution in [0.1, 0.15) is 18.9 Å². The number of aromatic nitrogens is 1. The molecule has 0 spiro atoms. The van der Waals surface area contributed by atoms with Gasteiger partial charge < -0.3 is 10.1 Å². The van der Waals surface area contributed by atoms with Gasteiger partial charge in [-0.15, -0.1) is 0 Å². The molecule has 0 saturated carbocycles. The predicted octanol–water partition coefficient (Wildman–Crippen LogP) is 1.99. The van der Waals surface area contributed by atoms with Crippen molar-refractivity contribution in [1.29, 1.82) is 0 Å². The minimum Gasteiger partial charge on any atom is -0.487 e. The zero-order chi connectivity index (χ0) is 11.5. The molecule has 0 bridgehead atoms. The summed E-state index contributed by atoms with van der Waals surface area (Å²) in [6.07, 6.45) is 4.02. The molecule has 2 atom stereocenters. The van der Waals surface area contributed by atoms with Crippen LogP contribution in [0.5, 0.6) is 5.75 Å². The lowest BCUT2D eigenvalue weighted by molar-refractivity contribution is 0.133. The highest BCUT2D eigenvalue weighted by atomic mass is 19.1. The highest BCUT2D eigenvalue weighted by Gasteiger charge is 2.24. The van der Waals surface area contributed by atoms with Crippen LogP contribution in [0.2, 0.25) is 0 Å². The second kappa shape index (κ2) is 4.61. The quantitative estimate of drug-likeness (QED) is 0.791. The Morgan fingerprint density at radius 3 is 3.06 bits per heavy atom. The van der Waals surface area contributed by atoms with Crippen LogP contribution in [0, 0.1) is 5.95 Å². The first-order chi connectivity index (χ1) is 7.70. The highest BCUT2D eigenvalue weighted by molar-refractivity contribution is 5.48. The van der Waals surface area contributed by atoms with Crippen molar-refractivity contribution in [2.24, 2.45) is 0 Å². The van der Waals surface area contributed by atoms with Gasteiger partial charge in [-0.2, -0.15) is 4.39 Å². The molecule has 1 fully saturated rings. The van der Waals surface area contributed by atoms with Crippen LogP contribution in [0.3, 0.4) is 0 Å². The second-order valence-electron chi connectivity index (χ2n) is 3.93. The smallest absolute Gasteiger partial charge is 0.220 e. The Morgan fingerprint density at radius 2 is 2.50 bits per heavy atom. The highest BCUT2D eigenvalue weighted by Crippen LogP contribution is 2.19. The molecule has 1 aromatic heterocycles. The van der Waals surface area contributed by atoms with Gasteiger partial charge in [-0.05, 0) is 26.0 Å². The van der Waals surface area contributed by atoms with Gasteiger partial charge in [0.25, 0.3) is 0 Å². The van der Waals surface area contributed by atoms with E-state index < -0.39 is 5.95 Å². The molecule has 1 N–H and O–H groups in total. The molecule has 0 radical (unpaired) electrons. The van der Waals surface area contributed by atoms with Gasteiger partial charge >= 0.3 is 0 Å². The van der Waals surface area contributed by atoms with Crippen LogP contribution in [0.15, 0.2) is 18.8 Å². The molecule has 1 aromatic rings. The number of nitrogens with zero attached hydrogens (tertiary/aromatic N) is 1. The summed E-state index contributed by atoms with van der Waals surface area (Å²) in [5.41, 5.74) is 0.367. The van der Waals surface area contributed by atoms with E-state index in [0.29, 0.717) is 17.4 Å². The number of pyridine rings is 1. The molecule has 0 amide bonds. The third kappa shape index (κ3) is 2.22. The summed E-state index contributed by atoms with van der Waals surface area (Å²) in [6, 6.07) is 2.00. The van der Waals surface area contributed by atoms with Gasteiger partial charge in [0.2, 0.25) is 5.95 Å². The van der Waals surface area contributed by atoms with Crippen molar-refractivity contribution in [3.05, 3.63) is 30.4 Å². The minimum atomic E-state index is -0.517. The fraction of sp³-hybridized carbons (Fsp3) is 0.417. The average molecular weight is 222 g/mol. The van der Waals surface area contributed by atoms with E-state index >= 15 is 0 Å².